The van der Waals surface area contributed by atoms with E-state index in [9.17, 15) is 14.4 Å². The standard InChI is InChI=1S/C14H13N3O4/c1-21-14(20)10-4-2-9(3-5-10)8-17-12(18)7-6-11(16-17)13(15)19/h2-7H,8H2,1H3,(H2,15,19). The van der Waals surface area contributed by atoms with Gasteiger partial charge in [0.2, 0.25) is 0 Å². The maximum absolute atomic E-state index is 11.7. The number of nitrogens with zero attached hydrogens (tertiary/aromatic N) is 2. The lowest BCUT2D eigenvalue weighted by Crippen LogP contribution is -2.26. The van der Waals surface area contributed by atoms with Crippen molar-refractivity contribution in [2.24, 2.45) is 5.73 Å². The van der Waals surface area contributed by atoms with Crippen molar-refractivity contribution in [3.8, 4) is 0 Å². The third-order valence-corrected chi connectivity index (χ3v) is 2.83. The zero-order valence-corrected chi connectivity index (χ0v) is 11.3. The summed E-state index contributed by atoms with van der Waals surface area (Å²) in [6, 6.07) is 9.04. The van der Waals surface area contributed by atoms with Gasteiger partial charge in [0.25, 0.3) is 11.5 Å². The average Bonchev–Trinajstić information content (AvgIpc) is 2.49. The minimum absolute atomic E-state index is 0.0146. The van der Waals surface area contributed by atoms with E-state index in [0.717, 1.165) is 10.2 Å². The molecule has 1 aromatic heterocycles. The molecule has 0 fully saturated rings. The van der Waals surface area contributed by atoms with Gasteiger partial charge >= 0.3 is 5.97 Å². The van der Waals surface area contributed by atoms with Crippen molar-refractivity contribution >= 4 is 11.9 Å². The number of amides is 1. The molecule has 2 aromatic rings. The molecule has 108 valence electrons. The van der Waals surface area contributed by atoms with Crippen molar-refractivity contribution in [2.75, 3.05) is 7.11 Å². The largest absolute Gasteiger partial charge is 0.465 e. The number of methoxy groups -OCH3 is 1. The van der Waals surface area contributed by atoms with Gasteiger partial charge in [0.05, 0.1) is 19.2 Å². The molecule has 2 rings (SSSR count). The molecule has 21 heavy (non-hydrogen) atoms. The van der Waals surface area contributed by atoms with Crippen molar-refractivity contribution in [3.05, 3.63) is 63.6 Å². The van der Waals surface area contributed by atoms with Crippen molar-refractivity contribution in [1.29, 1.82) is 0 Å². The van der Waals surface area contributed by atoms with Gasteiger partial charge in [0, 0.05) is 6.07 Å². The van der Waals surface area contributed by atoms with Crippen LogP contribution in [-0.2, 0) is 11.3 Å². The lowest BCUT2D eigenvalue weighted by atomic mass is 10.1. The van der Waals surface area contributed by atoms with E-state index in [1.165, 1.54) is 19.2 Å². The third kappa shape index (κ3) is 3.33. The van der Waals surface area contributed by atoms with Gasteiger partial charge in [0.1, 0.15) is 5.69 Å². The van der Waals surface area contributed by atoms with Gasteiger partial charge in [-0.05, 0) is 23.8 Å². The molecule has 1 amide bonds. The molecular formula is C14H13N3O4. The van der Waals surface area contributed by atoms with E-state index < -0.39 is 11.9 Å². The molecule has 0 bridgehead atoms. The minimum atomic E-state index is -0.704. The Hall–Kier alpha value is -2.96. The van der Waals surface area contributed by atoms with Crippen molar-refractivity contribution in [3.63, 3.8) is 0 Å². The normalized spacial score (nSPS) is 10.1. The first-order chi connectivity index (χ1) is 10.0. The molecule has 0 saturated carbocycles. The van der Waals surface area contributed by atoms with Crippen LogP contribution in [0.1, 0.15) is 26.4 Å². The van der Waals surface area contributed by atoms with Crippen LogP contribution in [0.3, 0.4) is 0 Å². The fraction of sp³-hybridized carbons (Fsp3) is 0.143. The Kier molecular flexibility index (Phi) is 4.13. The van der Waals surface area contributed by atoms with Crippen LogP contribution in [0.4, 0.5) is 0 Å². The number of benzene rings is 1. The number of primary amides is 1. The Labute approximate surface area is 120 Å². The van der Waals surface area contributed by atoms with Crippen LogP contribution in [0.5, 0.6) is 0 Å². The summed E-state index contributed by atoms with van der Waals surface area (Å²) in [4.78, 5) is 34.1. The number of nitrogens with two attached hydrogens (primary N) is 1. The molecule has 0 aliphatic heterocycles. The Morgan fingerprint density at radius 3 is 2.43 bits per heavy atom. The summed E-state index contributed by atoms with van der Waals surface area (Å²) in [5.41, 5.74) is 5.95. The molecule has 7 nitrogen and oxygen atoms in total. The molecule has 0 aliphatic carbocycles. The van der Waals surface area contributed by atoms with Gasteiger partial charge in [-0.15, -0.1) is 0 Å². The molecular weight excluding hydrogens is 274 g/mol. The zero-order chi connectivity index (χ0) is 15.4. The van der Waals surface area contributed by atoms with Gasteiger partial charge in [0.15, 0.2) is 0 Å². The summed E-state index contributed by atoms with van der Waals surface area (Å²) in [5.74, 6) is -1.14. The number of esters is 1. The Morgan fingerprint density at radius 2 is 1.86 bits per heavy atom. The van der Waals surface area contributed by atoms with Crippen molar-refractivity contribution in [2.45, 2.75) is 6.54 Å². The number of hydrogen-bond donors (Lipinski definition) is 1. The van der Waals surface area contributed by atoms with E-state index in [-0.39, 0.29) is 17.8 Å². The summed E-state index contributed by atoms with van der Waals surface area (Å²) >= 11 is 0. The summed E-state index contributed by atoms with van der Waals surface area (Å²) in [6.45, 7) is 0.168. The topological polar surface area (TPSA) is 104 Å². The minimum Gasteiger partial charge on any atom is -0.465 e. The van der Waals surface area contributed by atoms with Crippen LogP contribution in [0.15, 0.2) is 41.2 Å². The fourth-order valence-electron chi connectivity index (χ4n) is 1.73. The SMILES string of the molecule is COC(=O)c1ccc(Cn2nc(C(N)=O)ccc2=O)cc1. The van der Waals surface area contributed by atoms with E-state index in [1.807, 2.05) is 0 Å². The first-order valence-electron chi connectivity index (χ1n) is 6.06. The number of hydrogen-bond acceptors (Lipinski definition) is 5. The first-order valence-corrected chi connectivity index (χ1v) is 6.06. The van der Waals surface area contributed by atoms with Gasteiger partial charge in [-0.3, -0.25) is 9.59 Å². The van der Waals surface area contributed by atoms with E-state index >= 15 is 0 Å². The predicted octanol–water partition coefficient (Wildman–Crippen LogP) is 0.177. The van der Waals surface area contributed by atoms with E-state index in [2.05, 4.69) is 9.84 Å². The third-order valence-electron chi connectivity index (χ3n) is 2.83. The summed E-state index contributed by atoms with van der Waals surface area (Å²) < 4.78 is 5.73. The smallest absolute Gasteiger partial charge is 0.337 e. The highest BCUT2D eigenvalue weighted by Gasteiger charge is 2.08. The molecule has 2 N–H and O–H groups in total. The van der Waals surface area contributed by atoms with Crippen LogP contribution in [0, 0.1) is 0 Å². The second-order valence-corrected chi connectivity index (χ2v) is 4.27. The molecule has 0 saturated heterocycles. The van der Waals surface area contributed by atoms with Gasteiger partial charge in [-0.2, -0.15) is 5.10 Å². The maximum Gasteiger partial charge on any atom is 0.337 e. The fourth-order valence-corrected chi connectivity index (χ4v) is 1.73. The lowest BCUT2D eigenvalue weighted by molar-refractivity contribution is 0.0600. The molecule has 1 aromatic carbocycles. The quantitative estimate of drug-likeness (QED) is 0.807. The molecule has 0 spiro atoms. The van der Waals surface area contributed by atoms with Crippen LogP contribution in [0.2, 0.25) is 0 Å². The van der Waals surface area contributed by atoms with Crippen molar-refractivity contribution in [1.82, 2.24) is 9.78 Å². The molecule has 7 heteroatoms. The highest BCUT2D eigenvalue weighted by Crippen LogP contribution is 2.06. The number of rotatable bonds is 4. The van der Waals surface area contributed by atoms with Crippen LogP contribution in [-0.4, -0.2) is 28.8 Å². The highest BCUT2D eigenvalue weighted by molar-refractivity contribution is 5.90. The number of carbonyl (C=O) groups excluding carboxylic acids is 2. The van der Waals surface area contributed by atoms with Crippen molar-refractivity contribution < 1.29 is 14.3 Å². The van der Waals surface area contributed by atoms with Gasteiger partial charge in [-0.25, -0.2) is 9.48 Å². The molecule has 0 radical (unpaired) electrons. The lowest BCUT2D eigenvalue weighted by Gasteiger charge is -2.06. The van der Waals surface area contributed by atoms with Crippen LogP contribution in [0.25, 0.3) is 0 Å². The van der Waals surface area contributed by atoms with Gasteiger partial charge < -0.3 is 10.5 Å². The maximum atomic E-state index is 11.7. The Bertz CT molecular complexity index is 735. The number of carbonyl (C=O) groups is 2. The average molecular weight is 287 g/mol. The summed E-state index contributed by atoms with van der Waals surface area (Å²) in [7, 11) is 1.30. The van der Waals surface area contributed by atoms with Gasteiger partial charge in [-0.1, -0.05) is 12.1 Å². The molecule has 1 heterocycles. The second kappa shape index (κ2) is 6.00. The number of ether oxygens (including phenoxy) is 1. The summed E-state index contributed by atoms with van der Waals surface area (Å²) in [5, 5.41) is 3.88. The van der Waals surface area contributed by atoms with Crippen LogP contribution < -0.4 is 11.3 Å². The highest BCUT2D eigenvalue weighted by atomic mass is 16.5. The summed E-state index contributed by atoms with van der Waals surface area (Å²) in [6.07, 6.45) is 0. The van der Waals surface area contributed by atoms with E-state index in [1.54, 1.807) is 24.3 Å². The van der Waals surface area contributed by atoms with E-state index in [0.29, 0.717) is 5.56 Å². The Balaban J connectivity index is 2.26. The van der Waals surface area contributed by atoms with E-state index in [4.69, 9.17) is 5.73 Å². The Morgan fingerprint density at radius 1 is 1.19 bits per heavy atom. The molecule has 0 aliphatic rings. The first kappa shape index (κ1) is 14.4. The molecule has 0 atom stereocenters. The van der Waals surface area contributed by atoms with Crippen LogP contribution >= 0.6 is 0 Å². The second-order valence-electron chi connectivity index (χ2n) is 4.27. The monoisotopic (exact) mass is 287 g/mol. The number of aromatic nitrogens is 2. The molecule has 0 unspecified atom stereocenters. The zero-order valence-electron chi connectivity index (χ0n) is 11.3. The predicted molar refractivity (Wildman–Crippen MR) is 73.9 cm³/mol.